The molecule has 0 spiro atoms. The van der Waals surface area contributed by atoms with Crippen LogP contribution in [-0.2, 0) is 37.0 Å². The average molecular weight is 466 g/mol. The molecule has 0 unspecified atom stereocenters. The predicted octanol–water partition coefficient (Wildman–Crippen LogP) is 2.17. The zero-order valence-corrected chi connectivity index (χ0v) is 18.4. The van der Waals surface area contributed by atoms with Crippen LogP contribution in [0.25, 0.3) is 10.4 Å². The van der Waals surface area contributed by atoms with Crippen molar-refractivity contribution in [1.82, 2.24) is 0 Å². The van der Waals surface area contributed by atoms with Gasteiger partial charge in [0.1, 0.15) is 12.2 Å². The second kappa shape index (κ2) is 13.1. The fourth-order valence-corrected chi connectivity index (χ4v) is 3.58. The zero-order valence-electron chi connectivity index (χ0n) is 17.6. The number of rotatable bonds is 14. The standard InChI is InChI=1S/C21H27N3O7S/c1-32(27,28)31-19(12-25)21(30-14-17-10-6-3-7-11-17)20(26)18(23-24-22)15-29-13-16-8-4-2-5-9-16/h2-11,18-21,25-26H,12-15H2,1H3/t18-,19-,20+,21-/m1/s1. The molecule has 0 bridgehead atoms. The molecule has 32 heavy (non-hydrogen) atoms. The minimum atomic E-state index is -3.97. The van der Waals surface area contributed by atoms with E-state index in [1.165, 1.54) is 0 Å². The SMILES string of the molecule is CS(=O)(=O)O[C@H](CO)[C@@H](OCc1ccccc1)[C@@H](O)[C@@H](COCc1ccccc1)N=[N+]=[N-]. The van der Waals surface area contributed by atoms with Gasteiger partial charge in [-0.05, 0) is 16.7 Å². The Kier molecular flexibility index (Phi) is 10.6. The number of hydrogen-bond donors (Lipinski definition) is 2. The summed E-state index contributed by atoms with van der Waals surface area (Å²) < 4.78 is 39.5. The molecule has 4 atom stereocenters. The minimum absolute atomic E-state index is 0.0000485. The molecule has 0 amide bonds. The minimum Gasteiger partial charge on any atom is -0.394 e. The van der Waals surface area contributed by atoms with Gasteiger partial charge in [-0.2, -0.15) is 8.42 Å². The fraction of sp³-hybridized carbons (Fsp3) is 0.429. The number of ether oxygens (including phenoxy) is 2. The first-order chi connectivity index (χ1) is 15.3. The molecule has 2 N–H and O–H groups in total. The van der Waals surface area contributed by atoms with Gasteiger partial charge in [-0.1, -0.05) is 65.8 Å². The molecule has 0 radical (unpaired) electrons. The van der Waals surface area contributed by atoms with Crippen molar-refractivity contribution in [2.45, 2.75) is 37.6 Å². The maximum atomic E-state index is 11.6. The van der Waals surface area contributed by atoms with Crippen molar-refractivity contribution in [1.29, 1.82) is 0 Å². The Labute approximate surface area is 187 Å². The number of aliphatic hydroxyl groups excluding tert-OH is 2. The van der Waals surface area contributed by atoms with Crippen LogP contribution in [0, 0.1) is 0 Å². The van der Waals surface area contributed by atoms with E-state index in [4.69, 9.17) is 19.2 Å². The van der Waals surface area contributed by atoms with E-state index in [0.29, 0.717) is 0 Å². The maximum Gasteiger partial charge on any atom is 0.264 e. The molecule has 0 fully saturated rings. The summed E-state index contributed by atoms with van der Waals surface area (Å²) >= 11 is 0. The molecule has 2 rings (SSSR count). The zero-order chi connectivity index (χ0) is 23.4. The van der Waals surface area contributed by atoms with Gasteiger partial charge in [0.15, 0.2) is 0 Å². The molecule has 0 saturated heterocycles. The number of nitrogens with zero attached hydrogens (tertiary/aromatic N) is 3. The lowest BCUT2D eigenvalue weighted by molar-refractivity contribution is -0.120. The molecule has 0 saturated carbocycles. The fourth-order valence-electron chi connectivity index (χ4n) is 2.96. The second-order valence-corrected chi connectivity index (χ2v) is 8.65. The van der Waals surface area contributed by atoms with Crippen LogP contribution in [0.15, 0.2) is 65.8 Å². The normalized spacial score (nSPS) is 15.3. The number of azide groups is 1. The number of hydrogen-bond acceptors (Lipinski definition) is 8. The first kappa shape index (κ1) is 25.8. The van der Waals surface area contributed by atoms with Crippen molar-refractivity contribution in [3.63, 3.8) is 0 Å². The Morgan fingerprint density at radius 1 is 1.03 bits per heavy atom. The molecule has 10 nitrogen and oxygen atoms in total. The van der Waals surface area contributed by atoms with E-state index >= 15 is 0 Å². The third-order valence-corrected chi connectivity index (χ3v) is 5.06. The smallest absolute Gasteiger partial charge is 0.264 e. The summed E-state index contributed by atoms with van der Waals surface area (Å²) in [5.41, 5.74) is 10.6. The summed E-state index contributed by atoms with van der Waals surface area (Å²) in [7, 11) is -3.97. The first-order valence-corrected chi connectivity index (χ1v) is 11.6. The summed E-state index contributed by atoms with van der Waals surface area (Å²) in [4.78, 5) is 2.75. The molecule has 174 valence electrons. The van der Waals surface area contributed by atoms with Gasteiger partial charge in [0.25, 0.3) is 10.1 Å². The quantitative estimate of drug-likeness (QED) is 0.188. The van der Waals surface area contributed by atoms with Crippen molar-refractivity contribution in [3.8, 4) is 0 Å². The van der Waals surface area contributed by atoms with E-state index in [1.54, 1.807) is 24.3 Å². The van der Waals surface area contributed by atoms with Gasteiger partial charge < -0.3 is 19.7 Å². The van der Waals surface area contributed by atoms with Crippen LogP contribution >= 0.6 is 0 Å². The van der Waals surface area contributed by atoms with Crippen molar-refractivity contribution in [2.24, 2.45) is 5.11 Å². The molecule has 2 aromatic rings. The molecule has 0 aromatic heterocycles. The van der Waals surface area contributed by atoms with Crippen LogP contribution in [-0.4, -0.2) is 62.5 Å². The van der Waals surface area contributed by atoms with E-state index in [2.05, 4.69) is 10.0 Å². The highest BCUT2D eigenvalue weighted by Gasteiger charge is 2.37. The molecule has 0 heterocycles. The Hall–Kier alpha value is -2.50. The Morgan fingerprint density at radius 2 is 1.59 bits per heavy atom. The molecular formula is C21H27N3O7S. The lowest BCUT2D eigenvalue weighted by atomic mass is 10.0. The van der Waals surface area contributed by atoms with Crippen LogP contribution < -0.4 is 0 Å². The lowest BCUT2D eigenvalue weighted by Crippen LogP contribution is -2.49. The van der Waals surface area contributed by atoms with Crippen molar-refractivity contribution in [3.05, 3.63) is 82.2 Å². The van der Waals surface area contributed by atoms with E-state index in [-0.39, 0.29) is 19.8 Å². The highest BCUT2D eigenvalue weighted by atomic mass is 32.2. The Balaban J connectivity index is 2.16. The summed E-state index contributed by atoms with van der Waals surface area (Å²) in [6, 6.07) is 17.1. The van der Waals surface area contributed by atoms with Crippen molar-refractivity contribution < 1.29 is 32.3 Å². The van der Waals surface area contributed by atoms with Crippen LogP contribution in [0.4, 0.5) is 0 Å². The van der Waals surface area contributed by atoms with Gasteiger partial charge in [0.2, 0.25) is 0 Å². The van der Waals surface area contributed by atoms with Gasteiger partial charge in [-0.15, -0.1) is 0 Å². The molecule has 0 aliphatic carbocycles. The number of benzene rings is 2. The van der Waals surface area contributed by atoms with Crippen LogP contribution in [0.3, 0.4) is 0 Å². The summed E-state index contributed by atoms with van der Waals surface area (Å²) in [5, 5.41) is 24.2. The van der Waals surface area contributed by atoms with E-state index in [1.807, 2.05) is 36.4 Å². The number of aliphatic hydroxyl groups is 2. The van der Waals surface area contributed by atoms with Crippen molar-refractivity contribution in [2.75, 3.05) is 19.5 Å². The summed E-state index contributed by atoms with van der Waals surface area (Å²) in [5.74, 6) is 0. The van der Waals surface area contributed by atoms with E-state index in [0.717, 1.165) is 17.4 Å². The van der Waals surface area contributed by atoms with Gasteiger partial charge in [-0.3, -0.25) is 4.18 Å². The Bertz CT molecular complexity index is 954. The van der Waals surface area contributed by atoms with Crippen molar-refractivity contribution >= 4 is 10.1 Å². The third kappa shape index (κ3) is 8.93. The van der Waals surface area contributed by atoms with Crippen LogP contribution in [0.5, 0.6) is 0 Å². The van der Waals surface area contributed by atoms with Crippen LogP contribution in [0.1, 0.15) is 11.1 Å². The molecule has 0 aliphatic heterocycles. The highest BCUT2D eigenvalue weighted by Crippen LogP contribution is 2.19. The van der Waals surface area contributed by atoms with E-state index < -0.39 is 41.1 Å². The molecular weight excluding hydrogens is 438 g/mol. The highest BCUT2D eigenvalue weighted by molar-refractivity contribution is 7.86. The maximum absolute atomic E-state index is 11.6. The Morgan fingerprint density at radius 3 is 2.09 bits per heavy atom. The predicted molar refractivity (Wildman–Crippen MR) is 117 cm³/mol. The van der Waals surface area contributed by atoms with Gasteiger partial charge in [0.05, 0.1) is 44.8 Å². The van der Waals surface area contributed by atoms with E-state index in [9.17, 15) is 18.6 Å². The van der Waals surface area contributed by atoms with Gasteiger partial charge in [-0.25, -0.2) is 0 Å². The van der Waals surface area contributed by atoms with Gasteiger partial charge >= 0.3 is 0 Å². The average Bonchev–Trinajstić information content (AvgIpc) is 2.78. The topological polar surface area (TPSA) is 151 Å². The first-order valence-electron chi connectivity index (χ1n) is 9.82. The van der Waals surface area contributed by atoms with Crippen LogP contribution in [0.2, 0.25) is 0 Å². The third-order valence-electron chi connectivity index (χ3n) is 4.46. The molecule has 0 aliphatic rings. The lowest BCUT2D eigenvalue weighted by Gasteiger charge is -2.32. The summed E-state index contributed by atoms with van der Waals surface area (Å²) in [6.45, 7) is -0.705. The largest absolute Gasteiger partial charge is 0.394 e. The molecule has 11 heteroatoms. The summed E-state index contributed by atoms with van der Waals surface area (Å²) in [6.07, 6.45) is -3.45. The monoisotopic (exact) mass is 465 g/mol. The second-order valence-electron chi connectivity index (χ2n) is 7.05. The molecule has 2 aromatic carbocycles. The van der Waals surface area contributed by atoms with Gasteiger partial charge in [0, 0.05) is 4.91 Å².